The Labute approximate surface area is 117 Å². The fourth-order valence-corrected chi connectivity index (χ4v) is 2.54. The van der Waals surface area contributed by atoms with Crippen LogP contribution in [0.4, 0.5) is 0 Å². The summed E-state index contributed by atoms with van der Waals surface area (Å²) in [4.78, 5) is 16.3. The lowest BCUT2D eigenvalue weighted by Gasteiger charge is -2.40. The van der Waals surface area contributed by atoms with Gasteiger partial charge in [0.25, 0.3) is 0 Å². The number of nitrogens with zero attached hydrogens (tertiary/aromatic N) is 2. The maximum atomic E-state index is 11.6. The number of hydrogen-bond acceptors (Lipinski definition) is 4. The summed E-state index contributed by atoms with van der Waals surface area (Å²) in [6.45, 7) is 12.5. The predicted octanol–water partition coefficient (Wildman–Crippen LogP) is 0.288. The Balaban J connectivity index is 2.26. The van der Waals surface area contributed by atoms with Crippen molar-refractivity contribution in [1.29, 1.82) is 0 Å². The molecular formula is C14H29N3O2. The number of aliphatic hydroxyl groups excluding tert-OH is 1. The van der Waals surface area contributed by atoms with Gasteiger partial charge in [-0.1, -0.05) is 0 Å². The molecule has 1 aliphatic heterocycles. The fraction of sp³-hybridized carbons (Fsp3) is 0.929. The lowest BCUT2D eigenvalue weighted by Crippen LogP contribution is -2.53. The summed E-state index contributed by atoms with van der Waals surface area (Å²) in [5.41, 5.74) is 0. The molecule has 0 aromatic carbocycles. The molecule has 0 aromatic rings. The minimum Gasteiger partial charge on any atom is -0.392 e. The zero-order chi connectivity index (χ0) is 14.4. The van der Waals surface area contributed by atoms with E-state index in [9.17, 15) is 9.90 Å². The molecule has 2 atom stereocenters. The van der Waals surface area contributed by atoms with Crippen molar-refractivity contribution < 1.29 is 9.90 Å². The number of carbonyl (C=O) groups is 1. The van der Waals surface area contributed by atoms with Crippen molar-refractivity contribution in [3.05, 3.63) is 0 Å². The van der Waals surface area contributed by atoms with E-state index in [1.54, 1.807) is 0 Å². The van der Waals surface area contributed by atoms with Gasteiger partial charge in [-0.3, -0.25) is 9.69 Å². The van der Waals surface area contributed by atoms with Gasteiger partial charge in [-0.05, 0) is 27.7 Å². The molecule has 5 heteroatoms. The van der Waals surface area contributed by atoms with Gasteiger partial charge in [-0.25, -0.2) is 0 Å². The molecule has 112 valence electrons. The van der Waals surface area contributed by atoms with Gasteiger partial charge in [0, 0.05) is 51.2 Å². The highest BCUT2D eigenvalue weighted by Gasteiger charge is 2.24. The molecule has 1 aliphatic rings. The van der Waals surface area contributed by atoms with Gasteiger partial charge in [0.05, 0.1) is 6.10 Å². The second kappa shape index (κ2) is 7.82. The van der Waals surface area contributed by atoms with Crippen LogP contribution in [-0.2, 0) is 4.79 Å². The van der Waals surface area contributed by atoms with Crippen molar-refractivity contribution in [2.24, 2.45) is 0 Å². The zero-order valence-corrected chi connectivity index (χ0v) is 12.7. The van der Waals surface area contributed by atoms with Crippen LogP contribution in [0.25, 0.3) is 0 Å². The van der Waals surface area contributed by atoms with Gasteiger partial charge in [0.2, 0.25) is 5.91 Å². The van der Waals surface area contributed by atoms with Crippen molar-refractivity contribution in [2.45, 2.75) is 52.3 Å². The molecule has 0 spiro atoms. The first-order valence-corrected chi connectivity index (χ1v) is 7.32. The first-order chi connectivity index (χ1) is 8.88. The summed E-state index contributed by atoms with van der Waals surface area (Å²) >= 11 is 0. The highest BCUT2D eigenvalue weighted by Crippen LogP contribution is 2.10. The Kier molecular flexibility index (Phi) is 6.75. The zero-order valence-electron chi connectivity index (χ0n) is 12.7. The SMILES string of the molecule is CC(C)NC(=O)CCN1CCN(C[C@H](C)O)[C@@H](C)C1. The minimum absolute atomic E-state index is 0.133. The van der Waals surface area contributed by atoms with Crippen LogP contribution in [0.2, 0.25) is 0 Å². The summed E-state index contributed by atoms with van der Waals surface area (Å²) < 4.78 is 0. The van der Waals surface area contributed by atoms with Crippen LogP contribution in [0.15, 0.2) is 0 Å². The van der Waals surface area contributed by atoms with Crippen LogP contribution in [0, 0.1) is 0 Å². The van der Waals surface area contributed by atoms with Crippen LogP contribution in [0.3, 0.4) is 0 Å². The third kappa shape index (κ3) is 6.36. The van der Waals surface area contributed by atoms with Gasteiger partial charge in [-0.2, -0.15) is 0 Å². The van der Waals surface area contributed by atoms with Crippen LogP contribution in [0.5, 0.6) is 0 Å². The summed E-state index contributed by atoms with van der Waals surface area (Å²) in [5.74, 6) is 0.133. The van der Waals surface area contributed by atoms with Crippen LogP contribution in [-0.4, -0.2) is 71.7 Å². The van der Waals surface area contributed by atoms with Crippen LogP contribution < -0.4 is 5.32 Å². The Morgan fingerprint density at radius 1 is 1.37 bits per heavy atom. The molecule has 0 radical (unpaired) electrons. The van der Waals surface area contributed by atoms with E-state index in [1.165, 1.54) is 0 Å². The standard InChI is InChI=1S/C14H29N3O2/c1-11(2)15-14(19)5-6-16-7-8-17(10-13(4)18)12(3)9-16/h11-13,18H,5-10H2,1-4H3,(H,15,19)/t12-,13-/m0/s1. The molecule has 1 rings (SSSR count). The number of β-amino-alcohol motifs (C(OH)–C–C–N with tert-alkyl or cyclic N) is 1. The topological polar surface area (TPSA) is 55.8 Å². The molecule has 5 nitrogen and oxygen atoms in total. The lowest BCUT2D eigenvalue weighted by atomic mass is 10.1. The molecule has 0 aromatic heterocycles. The molecular weight excluding hydrogens is 242 g/mol. The summed E-state index contributed by atoms with van der Waals surface area (Å²) in [7, 11) is 0. The summed E-state index contributed by atoms with van der Waals surface area (Å²) in [6.07, 6.45) is 0.298. The van der Waals surface area contributed by atoms with Gasteiger partial charge < -0.3 is 15.3 Å². The first kappa shape index (κ1) is 16.4. The highest BCUT2D eigenvalue weighted by atomic mass is 16.3. The number of piperazine rings is 1. The third-order valence-corrected chi connectivity index (χ3v) is 3.45. The Hall–Kier alpha value is -0.650. The van der Waals surface area contributed by atoms with Gasteiger partial charge in [0.15, 0.2) is 0 Å². The maximum absolute atomic E-state index is 11.6. The number of nitrogens with one attached hydrogen (secondary N) is 1. The van der Waals surface area contributed by atoms with E-state index in [0.717, 1.165) is 32.7 Å². The van der Waals surface area contributed by atoms with Crippen molar-refractivity contribution in [3.8, 4) is 0 Å². The van der Waals surface area contributed by atoms with Crippen molar-refractivity contribution in [3.63, 3.8) is 0 Å². The van der Waals surface area contributed by atoms with Crippen LogP contribution >= 0.6 is 0 Å². The van der Waals surface area contributed by atoms with E-state index in [-0.39, 0.29) is 18.1 Å². The number of aliphatic hydroxyl groups is 1. The van der Waals surface area contributed by atoms with E-state index < -0.39 is 0 Å². The van der Waals surface area contributed by atoms with E-state index in [4.69, 9.17) is 0 Å². The van der Waals surface area contributed by atoms with Crippen molar-refractivity contribution >= 4 is 5.91 Å². The van der Waals surface area contributed by atoms with Crippen molar-refractivity contribution in [1.82, 2.24) is 15.1 Å². The first-order valence-electron chi connectivity index (χ1n) is 7.32. The van der Waals surface area contributed by atoms with E-state index in [1.807, 2.05) is 20.8 Å². The average Bonchev–Trinajstić information content (AvgIpc) is 2.28. The van der Waals surface area contributed by atoms with Gasteiger partial charge in [-0.15, -0.1) is 0 Å². The normalized spacial score (nSPS) is 23.6. The van der Waals surface area contributed by atoms with Gasteiger partial charge in [0.1, 0.15) is 0 Å². The Bertz CT molecular complexity index is 282. The lowest BCUT2D eigenvalue weighted by molar-refractivity contribution is -0.122. The molecule has 0 aliphatic carbocycles. The van der Waals surface area contributed by atoms with E-state index in [2.05, 4.69) is 22.0 Å². The quantitative estimate of drug-likeness (QED) is 0.729. The predicted molar refractivity (Wildman–Crippen MR) is 77.1 cm³/mol. The second-order valence-electron chi connectivity index (χ2n) is 5.97. The molecule has 2 N–H and O–H groups in total. The molecule has 19 heavy (non-hydrogen) atoms. The summed E-state index contributed by atoms with van der Waals surface area (Å²) in [6, 6.07) is 0.658. The third-order valence-electron chi connectivity index (χ3n) is 3.45. The molecule has 0 saturated carbocycles. The van der Waals surface area contributed by atoms with Crippen LogP contribution in [0.1, 0.15) is 34.1 Å². The minimum atomic E-state index is -0.272. The fourth-order valence-electron chi connectivity index (χ4n) is 2.54. The number of hydrogen-bond donors (Lipinski definition) is 2. The molecule has 1 amide bonds. The van der Waals surface area contributed by atoms with E-state index in [0.29, 0.717) is 12.5 Å². The summed E-state index contributed by atoms with van der Waals surface area (Å²) in [5, 5.41) is 12.4. The number of amides is 1. The molecule has 1 saturated heterocycles. The molecule has 1 heterocycles. The Morgan fingerprint density at radius 2 is 2.05 bits per heavy atom. The number of carbonyl (C=O) groups excluding carboxylic acids is 1. The number of rotatable bonds is 6. The highest BCUT2D eigenvalue weighted by molar-refractivity contribution is 5.76. The molecule has 0 bridgehead atoms. The van der Waals surface area contributed by atoms with Gasteiger partial charge >= 0.3 is 0 Å². The molecule has 1 fully saturated rings. The van der Waals surface area contributed by atoms with Crippen molar-refractivity contribution in [2.75, 3.05) is 32.7 Å². The smallest absolute Gasteiger partial charge is 0.221 e. The maximum Gasteiger partial charge on any atom is 0.221 e. The largest absolute Gasteiger partial charge is 0.392 e. The second-order valence-corrected chi connectivity index (χ2v) is 5.97. The molecule has 0 unspecified atom stereocenters. The monoisotopic (exact) mass is 271 g/mol. The van der Waals surface area contributed by atoms with E-state index >= 15 is 0 Å². The average molecular weight is 271 g/mol. The Morgan fingerprint density at radius 3 is 2.58 bits per heavy atom.